The lowest BCUT2D eigenvalue weighted by molar-refractivity contribution is -0.0443. The number of nitrogen functional groups attached to an aromatic ring is 1. The Morgan fingerprint density at radius 2 is 2.40 bits per heavy atom. The van der Waals surface area contributed by atoms with E-state index in [1.807, 2.05) is 18.7 Å². The molecule has 1 amide bonds. The van der Waals surface area contributed by atoms with Gasteiger partial charge in [-0.25, -0.2) is 0 Å². The lowest BCUT2D eigenvalue weighted by Gasteiger charge is -2.38. The summed E-state index contributed by atoms with van der Waals surface area (Å²) in [6, 6.07) is 1.88. The second kappa shape index (κ2) is 6.19. The molecule has 2 unspecified atom stereocenters. The van der Waals surface area contributed by atoms with Crippen LogP contribution in [0.4, 0.5) is 5.69 Å². The largest absolute Gasteiger partial charge is 0.375 e. The summed E-state index contributed by atoms with van der Waals surface area (Å²) < 4.78 is 5.62. The van der Waals surface area contributed by atoms with Crippen molar-refractivity contribution in [1.29, 1.82) is 0 Å². The smallest absolute Gasteiger partial charge is 0.257 e. The molecule has 6 heteroatoms. The van der Waals surface area contributed by atoms with Crippen molar-refractivity contribution >= 4 is 11.6 Å². The van der Waals surface area contributed by atoms with Gasteiger partial charge in [-0.3, -0.25) is 15.6 Å². The number of morpholine rings is 1. The van der Waals surface area contributed by atoms with Crippen LogP contribution in [0.25, 0.3) is 0 Å². The van der Waals surface area contributed by atoms with Gasteiger partial charge in [-0.05, 0) is 26.3 Å². The highest BCUT2D eigenvalue weighted by Gasteiger charge is 2.31. The number of carbonyl (C=O) groups excluding carboxylic acids is 1. The molecule has 0 bridgehead atoms. The Hall–Kier alpha value is -1.66. The maximum absolute atomic E-state index is 12.7. The van der Waals surface area contributed by atoms with Crippen molar-refractivity contribution in [3.63, 3.8) is 0 Å². The molecule has 1 aromatic heterocycles. The van der Waals surface area contributed by atoms with Crippen LogP contribution in [-0.2, 0) is 4.74 Å². The Morgan fingerprint density at radius 3 is 3.05 bits per heavy atom. The minimum Gasteiger partial charge on any atom is -0.375 e. The van der Waals surface area contributed by atoms with Crippen LogP contribution >= 0.6 is 0 Å². The first-order valence-electron chi connectivity index (χ1n) is 6.92. The normalized spacial score (nSPS) is 22.7. The summed E-state index contributed by atoms with van der Waals surface area (Å²) >= 11 is 0. The van der Waals surface area contributed by atoms with Gasteiger partial charge in [0, 0.05) is 18.4 Å². The third-order valence-corrected chi connectivity index (χ3v) is 3.63. The summed E-state index contributed by atoms with van der Waals surface area (Å²) in [5.74, 6) is 5.46. The number of amides is 1. The summed E-state index contributed by atoms with van der Waals surface area (Å²) in [4.78, 5) is 18.8. The topological polar surface area (TPSA) is 80.5 Å². The monoisotopic (exact) mass is 278 g/mol. The standard InChI is InChI=1S/C14H22N4O2/c1-4-11-8-20-10(3)7-18(11)14(19)12-6-16-9(2)5-13(12)17-15/h5-6,10-11H,4,7-8,15H2,1-3H3,(H,16,17). The number of aryl methyl sites for hydroxylation is 1. The number of rotatable bonds is 3. The molecule has 2 atom stereocenters. The average Bonchev–Trinajstić information content (AvgIpc) is 2.46. The third kappa shape index (κ3) is 2.91. The van der Waals surface area contributed by atoms with E-state index in [1.54, 1.807) is 12.3 Å². The van der Waals surface area contributed by atoms with Crippen LogP contribution in [0.15, 0.2) is 12.3 Å². The van der Waals surface area contributed by atoms with Gasteiger partial charge in [-0.15, -0.1) is 0 Å². The zero-order valence-electron chi connectivity index (χ0n) is 12.2. The summed E-state index contributed by atoms with van der Waals surface area (Å²) in [6.07, 6.45) is 2.50. The molecule has 0 aromatic carbocycles. The molecule has 20 heavy (non-hydrogen) atoms. The van der Waals surface area contributed by atoms with Crippen LogP contribution < -0.4 is 11.3 Å². The molecule has 2 rings (SSSR count). The Labute approximate surface area is 119 Å². The molecule has 6 nitrogen and oxygen atoms in total. The van der Waals surface area contributed by atoms with E-state index in [4.69, 9.17) is 10.6 Å². The summed E-state index contributed by atoms with van der Waals surface area (Å²) in [5.41, 5.74) is 4.51. The van der Waals surface area contributed by atoms with Gasteiger partial charge in [0.1, 0.15) is 0 Å². The molecule has 0 radical (unpaired) electrons. The van der Waals surface area contributed by atoms with Gasteiger partial charge in [0.05, 0.1) is 30.0 Å². The molecule has 1 saturated heterocycles. The molecule has 3 N–H and O–H groups in total. The number of nitrogens with one attached hydrogen (secondary N) is 1. The number of aromatic nitrogens is 1. The van der Waals surface area contributed by atoms with Crippen LogP contribution in [0.3, 0.4) is 0 Å². The lowest BCUT2D eigenvalue weighted by Crippen LogP contribution is -2.51. The van der Waals surface area contributed by atoms with Crippen molar-refractivity contribution < 1.29 is 9.53 Å². The van der Waals surface area contributed by atoms with E-state index in [-0.39, 0.29) is 18.1 Å². The van der Waals surface area contributed by atoms with E-state index in [2.05, 4.69) is 17.3 Å². The predicted molar refractivity (Wildman–Crippen MR) is 77.3 cm³/mol. The number of ether oxygens (including phenoxy) is 1. The zero-order chi connectivity index (χ0) is 14.7. The van der Waals surface area contributed by atoms with Crippen molar-refractivity contribution in [1.82, 2.24) is 9.88 Å². The number of hydrazine groups is 1. The molecule has 0 saturated carbocycles. The number of pyridine rings is 1. The van der Waals surface area contributed by atoms with Crippen LogP contribution in [0, 0.1) is 6.92 Å². The Balaban J connectivity index is 2.29. The molecule has 2 heterocycles. The van der Waals surface area contributed by atoms with E-state index < -0.39 is 0 Å². The van der Waals surface area contributed by atoms with Crippen LogP contribution in [-0.4, -0.2) is 41.1 Å². The highest BCUT2D eigenvalue weighted by atomic mass is 16.5. The van der Waals surface area contributed by atoms with Gasteiger partial charge in [0.25, 0.3) is 5.91 Å². The van der Waals surface area contributed by atoms with Gasteiger partial charge in [-0.2, -0.15) is 0 Å². The molecule has 1 aliphatic rings. The highest BCUT2D eigenvalue weighted by molar-refractivity contribution is 5.99. The number of hydrogen-bond acceptors (Lipinski definition) is 5. The van der Waals surface area contributed by atoms with Gasteiger partial charge < -0.3 is 15.1 Å². The van der Waals surface area contributed by atoms with Crippen LogP contribution in [0.5, 0.6) is 0 Å². The van der Waals surface area contributed by atoms with Crippen LogP contribution in [0.1, 0.15) is 36.3 Å². The predicted octanol–water partition coefficient (Wildman–Crippen LogP) is 1.32. The molecular formula is C14H22N4O2. The van der Waals surface area contributed by atoms with Crippen molar-refractivity contribution in [3.05, 3.63) is 23.5 Å². The highest BCUT2D eigenvalue weighted by Crippen LogP contribution is 2.22. The lowest BCUT2D eigenvalue weighted by atomic mass is 10.1. The first-order valence-corrected chi connectivity index (χ1v) is 6.92. The fraction of sp³-hybridized carbons (Fsp3) is 0.571. The zero-order valence-corrected chi connectivity index (χ0v) is 12.2. The van der Waals surface area contributed by atoms with Crippen LogP contribution in [0.2, 0.25) is 0 Å². The molecule has 0 spiro atoms. The molecule has 1 aromatic rings. The molecular weight excluding hydrogens is 256 g/mol. The van der Waals surface area contributed by atoms with Crippen molar-refractivity contribution in [2.75, 3.05) is 18.6 Å². The number of nitrogens with two attached hydrogens (primary N) is 1. The first kappa shape index (κ1) is 14.7. The van der Waals surface area contributed by atoms with Crippen molar-refractivity contribution in [2.45, 2.75) is 39.3 Å². The number of hydrogen-bond donors (Lipinski definition) is 2. The van der Waals surface area contributed by atoms with Gasteiger partial charge in [-0.1, -0.05) is 6.92 Å². The Kier molecular flexibility index (Phi) is 4.57. The quantitative estimate of drug-likeness (QED) is 0.644. The fourth-order valence-corrected chi connectivity index (χ4v) is 2.44. The summed E-state index contributed by atoms with van der Waals surface area (Å²) in [6.45, 7) is 7.06. The van der Waals surface area contributed by atoms with E-state index >= 15 is 0 Å². The van der Waals surface area contributed by atoms with Gasteiger partial charge >= 0.3 is 0 Å². The van der Waals surface area contributed by atoms with Gasteiger partial charge in [0.15, 0.2) is 0 Å². The third-order valence-electron chi connectivity index (χ3n) is 3.63. The fourth-order valence-electron chi connectivity index (χ4n) is 2.44. The second-order valence-corrected chi connectivity index (χ2v) is 5.18. The molecule has 1 fully saturated rings. The molecule has 110 valence electrons. The first-order chi connectivity index (χ1) is 9.56. The Bertz CT molecular complexity index is 492. The van der Waals surface area contributed by atoms with E-state index in [0.29, 0.717) is 24.4 Å². The minimum absolute atomic E-state index is 0.0487. The van der Waals surface area contributed by atoms with E-state index in [0.717, 1.165) is 12.1 Å². The number of nitrogens with zero attached hydrogens (tertiary/aromatic N) is 2. The van der Waals surface area contributed by atoms with E-state index in [9.17, 15) is 4.79 Å². The summed E-state index contributed by atoms with van der Waals surface area (Å²) in [5, 5.41) is 0. The number of carbonyl (C=O) groups is 1. The SMILES string of the molecule is CCC1COC(C)CN1C(=O)c1cnc(C)cc1NN. The maximum atomic E-state index is 12.7. The minimum atomic E-state index is -0.0487. The molecule has 0 aliphatic carbocycles. The van der Waals surface area contributed by atoms with Crippen molar-refractivity contribution in [3.8, 4) is 0 Å². The molecule has 1 aliphatic heterocycles. The van der Waals surface area contributed by atoms with Gasteiger partial charge in [0.2, 0.25) is 0 Å². The Morgan fingerprint density at radius 1 is 1.65 bits per heavy atom. The summed E-state index contributed by atoms with van der Waals surface area (Å²) in [7, 11) is 0. The number of anilines is 1. The van der Waals surface area contributed by atoms with Crippen molar-refractivity contribution in [2.24, 2.45) is 5.84 Å². The van der Waals surface area contributed by atoms with E-state index in [1.165, 1.54) is 0 Å². The average molecular weight is 278 g/mol. The second-order valence-electron chi connectivity index (χ2n) is 5.18. The maximum Gasteiger partial charge on any atom is 0.257 e.